The number of anilines is 3. The van der Waals surface area contributed by atoms with Gasteiger partial charge in [-0.1, -0.05) is 0 Å². The monoisotopic (exact) mass is 314 g/mol. The molecule has 7 heteroatoms. The van der Waals surface area contributed by atoms with Gasteiger partial charge < -0.3 is 20.7 Å². The number of aromatic nitrogens is 3. The zero-order valence-corrected chi connectivity index (χ0v) is 13.3. The van der Waals surface area contributed by atoms with E-state index < -0.39 is 0 Å². The molecule has 0 unspecified atom stereocenters. The molecule has 3 rings (SSSR count). The Morgan fingerprint density at radius 2 is 2.04 bits per heavy atom. The first-order chi connectivity index (χ1) is 11.3. The third kappa shape index (κ3) is 3.61. The second kappa shape index (κ2) is 7.13. The lowest BCUT2D eigenvalue weighted by Crippen LogP contribution is -2.30. The summed E-state index contributed by atoms with van der Waals surface area (Å²) in [6.45, 7) is 2.79. The van der Waals surface area contributed by atoms with E-state index in [2.05, 4.69) is 31.2 Å². The molecule has 0 bridgehead atoms. The van der Waals surface area contributed by atoms with Crippen molar-refractivity contribution in [3.05, 3.63) is 30.2 Å². The van der Waals surface area contributed by atoms with E-state index in [9.17, 15) is 0 Å². The fourth-order valence-electron chi connectivity index (χ4n) is 2.77. The van der Waals surface area contributed by atoms with Crippen molar-refractivity contribution in [1.82, 2.24) is 15.0 Å². The average Bonchev–Trinajstić information content (AvgIpc) is 2.61. The van der Waals surface area contributed by atoms with Gasteiger partial charge in [0.2, 0.25) is 5.75 Å². The number of nitrogens with two attached hydrogens (primary N) is 1. The standard InChI is InChI=1S/C16H22N6O/c1-23-14-15(17)20-11-21-16(14)19-10-12-5-6-18-13(9-12)22-7-3-2-4-8-22/h5-6,9,11H,2-4,7-8,10H2,1H3,(H3,17,19,20,21). The summed E-state index contributed by atoms with van der Waals surface area (Å²) in [5, 5.41) is 3.25. The van der Waals surface area contributed by atoms with E-state index in [0.29, 0.717) is 23.9 Å². The molecule has 0 saturated carbocycles. The number of nitrogens with zero attached hydrogens (tertiary/aromatic N) is 4. The Balaban J connectivity index is 1.70. The molecule has 0 radical (unpaired) electrons. The van der Waals surface area contributed by atoms with Crippen LogP contribution in [0, 0.1) is 0 Å². The summed E-state index contributed by atoms with van der Waals surface area (Å²) in [6.07, 6.45) is 7.06. The maximum absolute atomic E-state index is 5.79. The molecule has 0 amide bonds. The third-order valence-electron chi connectivity index (χ3n) is 3.99. The van der Waals surface area contributed by atoms with E-state index >= 15 is 0 Å². The zero-order valence-electron chi connectivity index (χ0n) is 13.3. The molecule has 1 fully saturated rings. The van der Waals surface area contributed by atoms with Crippen LogP contribution in [-0.2, 0) is 6.54 Å². The quantitative estimate of drug-likeness (QED) is 0.873. The van der Waals surface area contributed by atoms with E-state index in [1.807, 2.05) is 12.3 Å². The highest BCUT2D eigenvalue weighted by atomic mass is 16.5. The molecule has 0 aromatic carbocycles. The fourth-order valence-corrected chi connectivity index (χ4v) is 2.77. The lowest BCUT2D eigenvalue weighted by molar-refractivity contribution is 0.415. The number of hydrogen-bond acceptors (Lipinski definition) is 7. The first kappa shape index (κ1) is 15.3. The summed E-state index contributed by atoms with van der Waals surface area (Å²) in [4.78, 5) is 14.9. The number of rotatable bonds is 5. The lowest BCUT2D eigenvalue weighted by atomic mass is 10.1. The van der Waals surface area contributed by atoms with Crippen molar-refractivity contribution in [2.45, 2.75) is 25.8 Å². The molecular formula is C16H22N6O. The van der Waals surface area contributed by atoms with Crippen molar-refractivity contribution in [1.29, 1.82) is 0 Å². The molecule has 2 aromatic rings. The molecule has 1 saturated heterocycles. The van der Waals surface area contributed by atoms with Gasteiger partial charge in [0.15, 0.2) is 11.6 Å². The molecular weight excluding hydrogens is 292 g/mol. The van der Waals surface area contributed by atoms with Crippen LogP contribution in [0.4, 0.5) is 17.5 Å². The van der Waals surface area contributed by atoms with Crippen molar-refractivity contribution in [2.75, 3.05) is 36.1 Å². The van der Waals surface area contributed by atoms with E-state index in [0.717, 1.165) is 24.5 Å². The molecule has 2 aromatic heterocycles. The smallest absolute Gasteiger partial charge is 0.203 e. The predicted octanol–water partition coefficient (Wildman–Crippen LogP) is 2.06. The number of pyridine rings is 1. The summed E-state index contributed by atoms with van der Waals surface area (Å²) in [6, 6.07) is 4.12. The van der Waals surface area contributed by atoms with Crippen molar-refractivity contribution in [3.63, 3.8) is 0 Å². The van der Waals surface area contributed by atoms with Crippen LogP contribution in [0.1, 0.15) is 24.8 Å². The van der Waals surface area contributed by atoms with Gasteiger partial charge in [-0.2, -0.15) is 0 Å². The van der Waals surface area contributed by atoms with E-state index in [4.69, 9.17) is 10.5 Å². The van der Waals surface area contributed by atoms with Crippen molar-refractivity contribution >= 4 is 17.5 Å². The van der Waals surface area contributed by atoms with Gasteiger partial charge in [-0.05, 0) is 37.0 Å². The SMILES string of the molecule is COc1c(N)ncnc1NCc1ccnc(N2CCCCC2)c1. The van der Waals surface area contributed by atoms with Gasteiger partial charge in [-0.3, -0.25) is 0 Å². The lowest BCUT2D eigenvalue weighted by Gasteiger charge is -2.28. The summed E-state index contributed by atoms with van der Waals surface area (Å²) < 4.78 is 5.25. The normalized spacial score (nSPS) is 14.6. The first-order valence-electron chi connectivity index (χ1n) is 7.86. The number of nitrogen functional groups attached to an aromatic ring is 1. The molecule has 1 aliphatic heterocycles. The van der Waals surface area contributed by atoms with Crippen molar-refractivity contribution in [3.8, 4) is 5.75 Å². The largest absolute Gasteiger partial charge is 0.490 e. The Kier molecular flexibility index (Phi) is 4.75. The van der Waals surface area contributed by atoms with Crippen LogP contribution < -0.4 is 20.7 Å². The highest BCUT2D eigenvalue weighted by Crippen LogP contribution is 2.27. The summed E-state index contributed by atoms with van der Waals surface area (Å²) >= 11 is 0. The number of ether oxygens (including phenoxy) is 1. The predicted molar refractivity (Wildman–Crippen MR) is 90.6 cm³/mol. The van der Waals surface area contributed by atoms with Gasteiger partial charge in [0.05, 0.1) is 7.11 Å². The topological polar surface area (TPSA) is 89.2 Å². The highest BCUT2D eigenvalue weighted by molar-refractivity contribution is 5.61. The van der Waals surface area contributed by atoms with Gasteiger partial charge >= 0.3 is 0 Å². The second-order valence-electron chi connectivity index (χ2n) is 5.56. The Morgan fingerprint density at radius 3 is 2.83 bits per heavy atom. The highest BCUT2D eigenvalue weighted by Gasteiger charge is 2.13. The molecule has 3 N–H and O–H groups in total. The third-order valence-corrected chi connectivity index (χ3v) is 3.99. The number of nitrogens with one attached hydrogen (secondary N) is 1. The van der Waals surface area contributed by atoms with Crippen molar-refractivity contribution in [2.24, 2.45) is 0 Å². The van der Waals surface area contributed by atoms with E-state index in [1.54, 1.807) is 7.11 Å². The first-order valence-corrected chi connectivity index (χ1v) is 7.86. The van der Waals surface area contributed by atoms with Crippen LogP contribution >= 0.6 is 0 Å². The molecule has 3 heterocycles. The van der Waals surface area contributed by atoms with E-state index in [1.165, 1.54) is 25.6 Å². The summed E-state index contributed by atoms with van der Waals surface area (Å²) in [5.74, 6) is 2.43. The van der Waals surface area contributed by atoms with Crippen LogP contribution in [0.25, 0.3) is 0 Å². The van der Waals surface area contributed by atoms with Crippen LogP contribution in [0.2, 0.25) is 0 Å². The molecule has 0 aliphatic carbocycles. The summed E-state index contributed by atoms with van der Waals surface area (Å²) in [5.41, 5.74) is 6.93. The summed E-state index contributed by atoms with van der Waals surface area (Å²) in [7, 11) is 1.56. The minimum absolute atomic E-state index is 0.328. The fraction of sp³-hybridized carbons (Fsp3) is 0.438. The van der Waals surface area contributed by atoms with Crippen molar-refractivity contribution < 1.29 is 4.74 Å². The molecule has 7 nitrogen and oxygen atoms in total. The zero-order chi connectivity index (χ0) is 16.1. The maximum Gasteiger partial charge on any atom is 0.203 e. The second-order valence-corrected chi connectivity index (χ2v) is 5.56. The van der Waals surface area contributed by atoms with Crippen LogP contribution in [0.15, 0.2) is 24.7 Å². The maximum atomic E-state index is 5.79. The number of piperidine rings is 1. The Labute approximate surface area is 135 Å². The average molecular weight is 314 g/mol. The minimum Gasteiger partial charge on any atom is -0.490 e. The Morgan fingerprint density at radius 1 is 1.22 bits per heavy atom. The van der Waals surface area contributed by atoms with Crippen LogP contribution in [-0.4, -0.2) is 35.2 Å². The molecule has 1 aliphatic rings. The van der Waals surface area contributed by atoms with Gasteiger partial charge in [0, 0.05) is 25.8 Å². The van der Waals surface area contributed by atoms with Gasteiger partial charge in [-0.15, -0.1) is 0 Å². The minimum atomic E-state index is 0.328. The molecule has 23 heavy (non-hydrogen) atoms. The number of hydrogen-bond donors (Lipinski definition) is 2. The molecule has 122 valence electrons. The van der Waals surface area contributed by atoms with Crippen LogP contribution in [0.5, 0.6) is 5.75 Å². The van der Waals surface area contributed by atoms with E-state index in [-0.39, 0.29) is 0 Å². The van der Waals surface area contributed by atoms with Gasteiger partial charge in [-0.25, -0.2) is 15.0 Å². The molecule has 0 spiro atoms. The molecule has 0 atom stereocenters. The Hall–Kier alpha value is -2.57. The number of methoxy groups -OCH3 is 1. The van der Waals surface area contributed by atoms with Gasteiger partial charge in [0.25, 0.3) is 0 Å². The van der Waals surface area contributed by atoms with Crippen LogP contribution in [0.3, 0.4) is 0 Å². The Bertz CT molecular complexity index is 657. The van der Waals surface area contributed by atoms with Gasteiger partial charge in [0.1, 0.15) is 12.1 Å².